The fraction of sp³-hybridized carbons (Fsp3) is 0.750. The van der Waals surface area contributed by atoms with Crippen LogP contribution in [0.1, 0.15) is 26.7 Å². The Morgan fingerprint density at radius 2 is 2.45 bits per heavy atom. The number of thioether (sulfide) groups is 1. The van der Waals surface area contributed by atoms with Crippen LogP contribution in [0, 0.1) is 0 Å². The molecule has 2 heterocycles. The molecule has 7 nitrogen and oxygen atoms in total. The largest absolute Gasteiger partial charge is 0.376 e. The van der Waals surface area contributed by atoms with E-state index in [1.807, 2.05) is 13.8 Å². The van der Waals surface area contributed by atoms with Crippen LogP contribution in [0.25, 0.3) is 0 Å². The van der Waals surface area contributed by atoms with Crippen LogP contribution in [0.15, 0.2) is 9.95 Å². The Balaban J connectivity index is 1.94. The highest BCUT2D eigenvalue weighted by Gasteiger charge is 2.20. The second kappa shape index (κ2) is 6.94. The Hall–Kier alpha value is -1.28. The molecule has 0 aromatic carbocycles. The number of rotatable bonds is 6. The molecule has 1 saturated heterocycles. The van der Waals surface area contributed by atoms with Gasteiger partial charge in [-0.25, -0.2) is 9.89 Å². The van der Waals surface area contributed by atoms with Gasteiger partial charge < -0.3 is 10.1 Å². The minimum absolute atomic E-state index is 0.0640. The van der Waals surface area contributed by atoms with E-state index in [1.165, 1.54) is 11.8 Å². The van der Waals surface area contributed by atoms with Crippen molar-refractivity contribution in [2.75, 3.05) is 12.4 Å². The van der Waals surface area contributed by atoms with E-state index >= 15 is 0 Å². The SMILES string of the molecule is CC(C)NC(=O)CSc1n[nH]c(=O)n1C[C@H]1CCCO1. The molecule has 1 aromatic heterocycles. The third-order valence-electron chi connectivity index (χ3n) is 2.92. The molecule has 1 aliphatic rings. The van der Waals surface area contributed by atoms with Crippen molar-refractivity contribution in [2.24, 2.45) is 0 Å². The number of H-pyrrole nitrogens is 1. The summed E-state index contributed by atoms with van der Waals surface area (Å²) in [6.07, 6.45) is 2.04. The molecule has 1 atom stereocenters. The zero-order valence-electron chi connectivity index (χ0n) is 11.7. The number of amides is 1. The Morgan fingerprint density at radius 3 is 3.10 bits per heavy atom. The van der Waals surface area contributed by atoms with Crippen molar-refractivity contribution in [2.45, 2.75) is 50.5 Å². The van der Waals surface area contributed by atoms with Crippen LogP contribution in [0.5, 0.6) is 0 Å². The summed E-state index contributed by atoms with van der Waals surface area (Å²) in [6, 6.07) is 0.108. The van der Waals surface area contributed by atoms with Crippen molar-refractivity contribution in [1.82, 2.24) is 20.1 Å². The lowest BCUT2D eigenvalue weighted by Crippen LogP contribution is -2.31. The Morgan fingerprint density at radius 1 is 1.65 bits per heavy atom. The summed E-state index contributed by atoms with van der Waals surface area (Å²) in [7, 11) is 0. The van der Waals surface area contributed by atoms with Crippen molar-refractivity contribution in [3.8, 4) is 0 Å². The van der Waals surface area contributed by atoms with Gasteiger partial charge in [-0.15, -0.1) is 5.10 Å². The van der Waals surface area contributed by atoms with Crippen LogP contribution in [-0.4, -0.2) is 45.2 Å². The minimum atomic E-state index is -0.257. The van der Waals surface area contributed by atoms with Gasteiger partial charge in [-0.1, -0.05) is 11.8 Å². The average Bonchev–Trinajstić information content (AvgIpc) is 2.99. The molecule has 1 amide bonds. The first-order valence-corrected chi connectivity index (χ1v) is 7.74. The van der Waals surface area contributed by atoms with Gasteiger partial charge in [-0.3, -0.25) is 9.36 Å². The molecule has 0 bridgehead atoms. The maximum Gasteiger partial charge on any atom is 0.344 e. The van der Waals surface area contributed by atoms with Gasteiger partial charge in [-0.2, -0.15) is 0 Å². The summed E-state index contributed by atoms with van der Waals surface area (Å²) in [5.74, 6) is 0.178. The van der Waals surface area contributed by atoms with Crippen molar-refractivity contribution in [1.29, 1.82) is 0 Å². The van der Waals surface area contributed by atoms with Crippen LogP contribution in [0.4, 0.5) is 0 Å². The fourth-order valence-corrected chi connectivity index (χ4v) is 2.83. The van der Waals surface area contributed by atoms with Gasteiger partial charge in [0.25, 0.3) is 0 Å². The number of nitrogens with zero attached hydrogens (tertiary/aromatic N) is 2. The molecule has 0 saturated carbocycles. The predicted octanol–water partition coefficient (Wildman–Crippen LogP) is 0.367. The molecule has 2 rings (SSSR count). The maximum atomic E-state index is 11.7. The standard InChI is InChI=1S/C12H20N4O3S/c1-8(2)13-10(17)7-20-12-15-14-11(18)16(12)6-9-4-3-5-19-9/h8-9H,3-7H2,1-2H3,(H,13,17)(H,14,18)/t9-/m1/s1. The quantitative estimate of drug-likeness (QED) is 0.741. The van der Waals surface area contributed by atoms with Crippen LogP contribution in [0.2, 0.25) is 0 Å². The highest BCUT2D eigenvalue weighted by atomic mass is 32.2. The number of hydrogen-bond donors (Lipinski definition) is 2. The van der Waals surface area contributed by atoms with E-state index in [0.717, 1.165) is 19.4 Å². The number of ether oxygens (including phenoxy) is 1. The summed E-state index contributed by atoms with van der Waals surface area (Å²) in [5.41, 5.74) is -0.257. The van der Waals surface area contributed by atoms with E-state index in [9.17, 15) is 9.59 Å². The molecule has 1 aliphatic heterocycles. The Kier molecular flexibility index (Phi) is 5.24. The monoisotopic (exact) mass is 300 g/mol. The molecule has 0 unspecified atom stereocenters. The van der Waals surface area contributed by atoms with Crippen LogP contribution in [-0.2, 0) is 16.1 Å². The number of carbonyl (C=O) groups excluding carboxylic acids is 1. The zero-order valence-corrected chi connectivity index (χ0v) is 12.5. The lowest BCUT2D eigenvalue weighted by Gasteiger charge is -2.11. The Bertz CT molecular complexity index is 505. The van der Waals surface area contributed by atoms with Crippen LogP contribution in [0.3, 0.4) is 0 Å². The number of aromatic amines is 1. The Labute approximate surface area is 121 Å². The highest BCUT2D eigenvalue weighted by molar-refractivity contribution is 7.99. The van der Waals surface area contributed by atoms with Gasteiger partial charge in [0.2, 0.25) is 5.91 Å². The van der Waals surface area contributed by atoms with Gasteiger partial charge in [0.15, 0.2) is 5.16 Å². The molecule has 2 N–H and O–H groups in total. The van der Waals surface area contributed by atoms with E-state index in [1.54, 1.807) is 4.57 Å². The summed E-state index contributed by atoms with van der Waals surface area (Å²) in [4.78, 5) is 23.3. The van der Waals surface area contributed by atoms with Gasteiger partial charge in [0.1, 0.15) is 0 Å². The smallest absolute Gasteiger partial charge is 0.344 e. The molecule has 0 spiro atoms. The molecule has 0 radical (unpaired) electrons. The van der Waals surface area contributed by atoms with Gasteiger partial charge in [0.05, 0.1) is 18.4 Å². The van der Waals surface area contributed by atoms with Crippen molar-refractivity contribution in [3.05, 3.63) is 10.5 Å². The lowest BCUT2D eigenvalue weighted by molar-refractivity contribution is -0.119. The van der Waals surface area contributed by atoms with Crippen molar-refractivity contribution in [3.63, 3.8) is 0 Å². The van der Waals surface area contributed by atoms with Gasteiger partial charge >= 0.3 is 5.69 Å². The molecule has 1 fully saturated rings. The molecule has 1 aromatic rings. The van der Waals surface area contributed by atoms with Crippen LogP contribution >= 0.6 is 11.8 Å². The molecule has 112 valence electrons. The van der Waals surface area contributed by atoms with E-state index in [2.05, 4.69) is 15.5 Å². The molecular formula is C12H20N4O3S. The van der Waals surface area contributed by atoms with E-state index in [-0.39, 0.29) is 29.5 Å². The first-order chi connectivity index (χ1) is 9.56. The highest BCUT2D eigenvalue weighted by Crippen LogP contribution is 2.17. The summed E-state index contributed by atoms with van der Waals surface area (Å²) < 4.78 is 7.07. The number of aromatic nitrogens is 3. The van der Waals surface area contributed by atoms with Crippen molar-refractivity contribution < 1.29 is 9.53 Å². The second-order valence-corrected chi connectivity index (χ2v) is 6.01. The second-order valence-electron chi connectivity index (χ2n) is 5.07. The van der Waals surface area contributed by atoms with Gasteiger partial charge in [-0.05, 0) is 26.7 Å². The maximum absolute atomic E-state index is 11.7. The van der Waals surface area contributed by atoms with Crippen LogP contribution < -0.4 is 11.0 Å². The fourth-order valence-electron chi connectivity index (χ4n) is 2.06. The number of carbonyl (C=O) groups is 1. The molecule has 20 heavy (non-hydrogen) atoms. The van der Waals surface area contributed by atoms with E-state index in [4.69, 9.17) is 4.74 Å². The minimum Gasteiger partial charge on any atom is -0.376 e. The summed E-state index contributed by atoms with van der Waals surface area (Å²) >= 11 is 1.25. The number of hydrogen-bond acceptors (Lipinski definition) is 5. The van der Waals surface area contributed by atoms with Gasteiger partial charge in [0, 0.05) is 12.6 Å². The average molecular weight is 300 g/mol. The third kappa shape index (κ3) is 4.11. The van der Waals surface area contributed by atoms with E-state index < -0.39 is 0 Å². The third-order valence-corrected chi connectivity index (χ3v) is 3.89. The predicted molar refractivity (Wildman–Crippen MR) is 75.8 cm³/mol. The number of nitrogens with one attached hydrogen (secondary N) is 2. The summed E-state index contributed by atoms with van der Waals surface area (Å²) in [5, 5.41) is 9.72. The lowest BCUT2D eigenvalue weighted by atomic mass is 10.2. The first kappa shape index (κ1) is 15.1. The zero-order chi connectivity index (χ0) is 14.5. The molecule has 8 heteroatoms. The molecule has 0 aliphatic carbocycles. The van der Waals surface area contributed by atoms with E-state index in [0.29, 0.717) is 11.7 Å². The van der Waals surface area contributed by atoms with Crippen molar-refractivity contribution >= 4 is 17.7 Å². The first-order valence-electron chi connectivity index (χ1n) is 6.75. The molecular weight excluding hydrogens is 280 g/mol. The topological polar surface area (TPSA) is 89.0 Å². The normalized spacial score (nSPS) is 18.6. The summed E-state index contributed by atoms with van der Waals surface area (Å²) in [6.45, 7) is 5.05.